The Morgan fingerprint density at radius 1 is 1.80 bits per heavy atom. The van der Waals surface area contributed by atoms with Crippen molar-refractivity contribution in [2.24, 2.45) is 7.05 Å². The molecule has 0 aliphatic carbocycles. The van der Waals surface area contributed by atoms with Crippen molar-refractivity contribution in [3.8, 4) is 0 Å². The summed E-state index contributed by atoms with van der Waals surface area (Å²) < 4.78 is 1.98. The van der Waals surface area contributed by atoms with Crippen molar-refractivity contribution in [2.45, 2.75) is 12.5 Å². The molecule has 0 aromatic carbocycles. The van der Waals surface area contributed by atoms with Gasteiger partial charge in [-0.3, -0.25) is 0 Å². The summed E-state index contributed by atoms with van der Waals surface area (Å²) in [6.45, 7) is 1.14. The Morgan fingerprint density at radius 3 is 3.00 bits per heavy atom. The third-order valence-corrected chi connectivity index (χ3v) is 1.91. The lowest BCUT2D eigenvalue weighted by Gasteiger charge is -2.25. The highest BCUT2D eigenvalue weighted by atomic mass is 15.1. The van der Waals surface area contributed by atoms with Crippen LogP contribution in [0.5, 0.6) is 0 Å². The number of aromatic nitrogens is 2. The van der Waals surface area contributed by atoms with E-state index in [2.05, 4.69) is 16.5 Å². The summed E-state index contributed by atoms with van der Waals surface area (Å²) >= 11 is 0. The van der Waals surface area contributed by atoms with Gasteiger partial charge in [-0.2, -0.15) is 0 Å². The van der Waals surface area contributed by atoms with E-state index in [0.717, 1.165) is 6.54 Å². The quantitative estimate of drug-likeness (QED) is 0.609. The molecule has 2 heterocycles. The van der Waals surface area contributed by atoms with Gasteiger partial charge in [0, 0.05) is 13.2 Å². The van der Waals surface area contributed by atoms with Crippen LogP contribution in [0.2, 0.25) is 0 Å². The number of rotatable bonds is 1. The van der Waals surface area contributed by atoms with E-state index in [4.69, 9.17) is 0 Å². The van der Waals surface area contributed by atoms with E-state index in [1.807, 2.05) is 17.9 Å². The van der Waals surface area contributed by atoms with Gasteiger partial charge in [0.25, 0.3) is 0 Å². The molecule has 0 amide bonds. The van der Waals surface area contributed by atoms with Crippen LogP contribution in [0.25, 0.3) is 0 Å². The highest BCUT2D eigenvalue weighted by Crippen LogP contribution is 2.19. The summed E-state index contributed by atoms with van der Waals surface area (Å²) in [5.41, 5.74) is 1.17. The van der Waals surface area contributed by atoms with E-state index in [9.17, 15) is 0 Å². The molecule has 0 radical (unpaired) electrons. The predicted molar refractivity (Wildman–Crippen MR) is 38.6 cm³/mol. The minimum atomic E-state index is 0.529. The molecular formula is C7H11N3. The van der Waals surface area contributed by atoms with E-state index >= 15 is 0 Å². The van der Waals surface area contributed by atoms with Gasteiger partial charge in [-0.05, 0) is 13.0 Å². The average molecular weight is 137 g/mol. The van der Waals surface area contributed by atoms with Crippen molar-refractivity contribution in [3.05, 3.63) is 18.2 Å². The van der Waals surface area contributed by atoms with Crippen LogP contribution >= 0.6 is 0 Å². The highest BCUT2D eigenvalue weighted by molar-refractivity contribution is 5.06. The molecule has 1 aromatic rings. The Kier molecular flexibility index (Phi) is 1.24. The Labute approximate surface area is 60.1 Å². The van der Waals surface area contributed by atoms with Crippen LogP contribution in [0.4, 0.5) is 0 Å². The zero-order valence-electron chi connectivity index (χ0n) is 6.04. The number of hydrogen-bond acceptors (Lipinski definition) is 2. The van der Waals surface area contributed by atoms with Gasteiger partial charge in [-0.25, -0.2) is 4.98 Å². The minimum Gasteiger partial charge on any atom is -0.340 e. The summed E-state index contributed by atoms with van der Waals surface area (Å²) in [6.07, 6.45) is 5.14. The van der Waals surface area contributed by atoms with Crippen LogP contribution < -0.4 is 5.32 Å². The van der Waals surface area contributed by atoms with Crippen molar-refractivity contribution in [2.75, 3.05) is 6.54 Å². The molecule has 1 aromatic heterocycles. The summed E-state index contributed by atoms with van der Waals surface area (Å²) in [4.78, 5) is 4.24. The number of imidazole rings is 1. The van der Waals surface area contributed by atoms with E-state index in [-0.39, 0.29) is 0 Å². The molecule has 1 unspecified atom stereocenters. The number of hydrogen-bond donors (Lipinski definition) is 1. The molecule has 0 saturated carbocycles. The first-order valence-electron chi connectivity index (χ1n) is 3.57. The summed E-state index contributed by atoms with van der Waals surface area (Å²) in [5.74, 6) is 0. The lowest BCUT2D eigenvalue weighted by Crippen LogP contribution is -2.35. The van der Waals surface area contributed by atoms with Crippen LogP contribution in [0.15, 0.2) is 12.5 Å². The Bertz CT molecular complexity index is 225. The Hall–Kier alpha value is -0.830. The van der Waals surface area contributed by atoms with Crippen LogP contribution in [0.3, 0.4) is 0 Å². The van der Waals surface area contributed by atoms with Crippen LogP contribution in [-0.2, 0) is 7.05 Å². The molecule has 1 aliphatic rings. The van der Waals surface area contributed by atoms with Crippen molar-refractivity contribution in [1.29, 1.82) is 0 Å². The van der Waals surface area contributed by atoms with E-state index in [1.54, 1.807) is 0 Å². The fraction of sp³-hybridized carbons (Fsp3) is 0.571. The summed E-state index contributed by atoms with van der Waals surface area (Å²) in [5, 5.41) is 3.30. The molecule has 3 nitrogen and oxygen atoms in total. The van der Waals surface area contributed by atoms with Crippen molar-refractivity contribution in [3.63, 3.8) is 0 Å². The monoisotopic (exact) mass is 137 g/mol. The van der Waals surface area contributed by atoms with Gasteiger partial charge in [-0.1, -0.05) is 0 Å². The smallest absolute Gasteiger partial charge is 0.0947 e. The molecule has 0 bridgehead atoms. The Morgan fingerprint density at radius 2 is 2.60 bits per heavy atom. The first-order chi connectivity index (χ1) is 4.86. The molecule has 1 atom stereocenters. The van der Waals surface area contributed by atoms with Crippen molar-refractivity contribution in [1.82, 2.24) is 14.9 Å². The number of aryl methyl sites for hydroxylation is 1. The standard InChI is InChI=1S/C7H11N3/c1-10-4-7(9-5-10)6-2-3-8-6/h4-6,8H,2-3H2,1H3. The van der Waals surface area contributed by atoms with Crippen LogP contribution in [-0.4, -0.2) is 16.1 Å². The lowest BCUT2D eigenvalue weighted by molar-refractivity contribution is 0.376. The van der Waals surface area contributed by atoms with Gasteiger partial charge in [0.15, 0.2) is 0 Å². The topological polar surface area (TPSA) is 29.9 Å². The highest BCUT2D eigenvalue weighted by Gasteiger charge is 2.19. The van der Waals surface area contributed by atoms with Gasteiger partial charge >= 0.3 is 0 Å². The zero-order chi connectivity index (χ0) is 6.97. The molecule has 0 spiro atoms. The molecule has 10 heavy (non-hydrogen) atoms. The third kappa shape index (κ3) is 0.827. The maximum atomic E-state index is 4.24. The summed E-state index contributed by atoms with van der Waals surface area (Å²) in [7, 11) is 2.00. The fourth-order valence-electron chi connectivity index (χ4n) is 1.15. The second-order valence-electron chi connectivity index (χ2n) is 2.76. The lowest BCUT2D eigenvalue weighted by atomic mass is 10.1. The van der Waals surface area contributed by atoms with E-state index < -0.39 is 0 Å². The molecule has 1 saturated heterocycles. The van der Waals surface area contributed by atoms with Crippen LogP contribution in [0, 0.1) is 0 Å². The molecule has 1 aliphatic heterocycles. The first kappa shape index (κ1) is 5.92. The molecule has 1 N–H and O–H groups in total. The van der Waals surface area contributed by atoms with Crippen molar-refractivity contribution < 1.29 is 0 Å². The second-order valence-corrected chi connectivity index (χ2v) is 2.76. The van der Waals surface area contributed by atoms with Crippen molar-refractivity contribution >= 4 is 0 Å². The average Bonchev–Trinajstić information content (AvgIpc) is 2.10. The third-order valence-electron chi connectivity index (χ3n) is 1.91. The molecular weight excluding hydrogens is 126 g/mol. The fourth-order valence-corrected chi connectivity index (χ4v) is 1.15. The molecule has 1 fully saturated rings. The van der Waals surface area contributed by atoms with Gasteiger partial charge in [0.05, 0.1) is 18.1 Å². The zero-order valence-corrected chi connectivity index (χ0v) is 6.04. The maximum Gasteiger partial charge on any atom is 0.0947 e. The van der Waals surface area contributed by atoms with Gasteiger partial charge in [-0.15, -0.1) is 0 Å². The predicted octanol–water partition coefficient (Wildman–Crippen LogP) is 0.454. The first-order valence-corrected chi connectivity index (χ1v) is 3.57. The number of nitrogens with one attached hydrogen (secondary N) is 1. The van der Waals surface area contributed by atoms with Gasteiger partial charge in [0.1, 0.15) is 0 Å². The Balaban J connectivity index is 2.17. The second kappa shape index (κ2) is 2.09. The van der Waals surface area contributed by atoms with Gasteiger partial charge in [0.2, 0.25) is 0 Å². The van der Waals surface area contributed by atoms with E-state index in [1.165, 1.54) is 12.1 Å². The normalized spacial score (nSPS) is 24.3. The largest absolute Gasteiger partial charge is 0.340 e. The van der Waals surface area contributed by atoms with Crippen LogP contribution in [0.1, 0.15) is 18.2 Å². The minimum absolute atomic E-state index is 0.529. The van der Waals surface area contributed by atoms with E-state index in [0.29, 0.717) is 6.04 Å². The molecule has 54 valence electrons. The summed E-state index contributed by atoms with van der Waals surface area (Å²) in [6, 6.07) is 0.529. The SMILES string of the molecule is Cn1cnc(C2CCN2)c1. The molecule has 3 heteroatoms. The maximum absolute atomic E-state index is 4.24. The molecule has 2 rings (SSSR count). The number of nitrogens with zero attached hydrogens (tertiary/aromatic N) is 2. The van der Waals surface area contributed by atoms with Gasteiger partial charge < -0.3 is 9.88 Å².